The van der Waals surface area contributed by atoms with Crippen molar-refractivity contribution < 1.29 is 14.3 Å². The van der Waals surface area contributed by atoms with Gasteiger partial charge in [-0.25, -0.2) is 4.98 Å². The van der Waals surface area contributed by atoms with Gasteiger partial charge < -0.3 is 10.1 Å². The molecule has 0 spiro atoms. The molecule has 3 heterocycles. The number of aromatic nitrogens is 2. The van der Waals surface area contributed by atoms with Crippen molar-refractivity contribution in [3.63, 3.8) is 0 Å². The number of hydrogen-bond acceptors (Lipinski definition) is 6. The third-order valence-corrected chi connectivity index (χ3v) is 6.48. The number of aryl methyl sites for hydroxylation is 1. The van der Waals surface area contributed by atoms with Crippen LogP contribution in [0.2, 0.25) is 0 Å². The lowest BCUT2D eigenvalue weighted by atomic mass is 10.1. The van der Waals surface area contributed by atoms with Crippen molar-refractivity contribution >= 4 is 28.8 Å². The summed E-state index contributed by atoms with van der Waals surface area (Å²) >= 11 is 1.57. The van der Waals surface area contributed by atoms with E-state index in [1.807, 2.05) is 73.7 Å². The average molecular weight is 471 g/mol. The van der Waals surface area contributed by atoms with Gasteiger partial charge in [0.05, 0.1) is 17.1 Å². The maximum Gasteiger partial charge on any atom is 0.265 e. The Balaban J connectivity index is 1.39. The number of nitrogens with one attached hydrogen (secondary N) is 1. The largest absolute Gasteiger partial charge is 0.482 e. The summed E-state index contributed by atoms with van der Waals surface area (Å²) in [5, 5.41) is 3.71. The Labute approximate surface area is 201 Å². The fourth-order valence-electron chi connectivity index (χ4n) is 3.78. The Kier molecular flexibility index (Phi) is 6.05. The minimum Gasteiger partial charge on any atom is -0.482 e. The summed E-state index contributed by atoms with van der Waals surface area (Å²) in [6.07, 6.45) is 1.74. The molecule has 1 N–H and O–H groups in total. The van der Waals surface area contributed by atoms with E-state index in [9.17, 15) is 9.59 Å². The van der Waals surface area contributed by atoms with Crippen molar-refractivity contribution in [2.24, 2.45) is 0 Å². The number of nitrogens with zero attached hydrogens (tertiary/aromatic N) is 3. The first kappa shape index (κ1) is 21.8. The van der Waals surface area contributed by atoms with Crippen LogP contribution in [0.1, 0.15) is 10.4 Å². The smallest absolute Gasteiger partial charge is 0.265 e. The van der Waals surface area contributed by atoms with Crippen LogP contribution in [0.25, 0.3) is 22.0 Å². The van der Waals surface area contributed by atoms with Gasteiger partial charge in [-0.1, -0.05) is 36.4 Å². The number of hydrogen-bond donors (Lipinski definition) is 1. The third kappa shape index (κ3) is 4.53. The van der Waals surface area contributed by atoms with Crippen LogP contribution in [0.5, 0.6) is 5.75 Å². The zero-order chi connectivity index (χ0) is 23.5. The van der Waals surface area contributed by atoms with Gasteiger partial charge in [0.25, 0.3) is 5.91 Å². The van der Waals surface area contributed by atoms with Crippen molar-refractivity contribution in [3.8, 4) is 27.7 Å². The lowest BCUT2D eigenvalue weighted by Gasteiger charge is -2.29. The maximum absolute atomic E-state index is 12.7. The monoisotopic (exact) mass is 470 g/mol. The Morgan fingerprint density at radius 3 is 2.74 bits per heavy atom. The van der Waals surface area contributed by atoms with E-state index in [4.69, 9.17) is 9.72 Å². The second-order valence-corrected chi connectivity index (χ2v) is 9.06. The molecule has 170 valence electrons. The second-order valence-electron chi connectivity index (χ2n) is 7.85. The summed E-state index contributed by atoms with van der Waals surface area (Å²) in [6.45, 7) is 2.23. The molecule has 2 aromatic carbocycles. The minimum absolute atomic E-state index is 0.0826. The maximum atomic E-state index is 12.7. The van der Waals surface area contributed by atoms with Gasteiger partial charge in [0, 0.05) is 23.2 Å². The van der Waals surface area contributed by atoms with Gasteiger partial charge in [0.15, 0.2) is 6.61 Å². The SMILES string of the molecule is Cc1sc(-c2ccccn2)nc1-c1ccc2c(c1)N(CC(=O)NCc1ccccc1)C(=O)CO2. The van der Waals surface area contributed by atoms with E-state index in [0.717, 1.165) is 32.4 Å². The highest BCUT2D eigenvalue weighted by atomic mass is 32.1. The van der Waals surface area contributed by atoms with Crippen molar-refractivity contribution in [2.45, 2.75) is 13.5 Å². The molecule has 0 unspecified atom stereocenters. The third-order valence-electron chi connectivity index (χ3n) is 5.49. The molecule has 2 aromatic heterocycles. The van der Waals surface area contributed by atoms with E-state index in [1.165, 1.54) is 4.90 Å². The van der Waals surface area contributed by atoms with Gasteiger partial charge in [-0.15, -0.1) is 11.3 Å². The molecule has 1 aliphatic rings. The zero-order valence-electron chi connectivity index (χ0n) is 18.5. The van der Waals surface area contributed by atoms with E-state index < -0.39 is 0 Å². The molecule has 0 atom stereocenters. The van der Waals surface area contributed by atoms with Crippen molar-refractivity contribution in [2.75, 3.05) is 18.1 Å². The Hall–Kier alpha value is -4.04. The first-order chi connectivity index (χ1) is 16.6. The highest BCUT2D eigenvalue weighted by Crippen LogP contribution is 2.38. The first-order valence-corrected chi connectivity index (χ1v) is 11.7. The number of amides is 2. The van der Waals surface area contributed by atoms with E-state index in [2.05, 4.69) is 10.3 Å². The normalized spacial score (nSPS) is 12.7. The summed E-state index contributed by atoms with van der Waals surface area (Å²) in [5.74, 6) is 0.0680. The van der Waals surface area contributed by atoms with Gasteiger partial charge in [0.2, 0.25) is 5.91 Å². The van der Waals surface area contributed by atoms with E-state index in [0.29, 0.717) is 18.0 Å². The molecule has 0 fully saturated rings. The van der Waals surface area contributed by atoms with E-state index >= 15 is 0 Å². The van der Waals surface area contributed by atoms with Gasteiger partial charge in [0.1, 0.15) is 17.3 Å². The van der Waals surface area contributed by atoms with Crippen LogP contribution in [-0.4, -0.2) is 34.9 Å². The van der Waals surface area contributed by atoms with Gasteiger partial charge >= 0.3 is 0 Å². The number of thiazole rings is 1. The summed E-state index contributed by atoms with van der Waals surface area (Å²) in [7, 11) is 0. The number of carbonyl (C=O) groups excluding carboxylic acids is 2. The molecule has 5 rings (SSSR count). The van der Waals surface area contributed by atoms with Gasteiger partial charge in [-0.2, -0.15) is 0 Å². The van der Waals surface area contributed by atoms with Crippen molar-refractivity contribution in [1.29, 1.82) is 0 Å². The van der Waals surface area contributed by atoms with Crippen LogP contribution >= 0.6 is 11.3 Å². The van der Waals surface area contributed by atoms with E-state index in [-0.39, 0.29) is 25.0 Å². The molecule has 0 saturated carbocycles. The van der Waals surface area contributed by atoms with Crippen LogP contribution in [0.15, 0.2) is 72.9 Å². The molecule has 1 aliphatic heterocycles. The molecule has 0 saturated heterocycles. The number of carbonyl (C=O) groups is 2. The van der Waals surface area contributed by atoms with Crippen LogP contribution in [-0.2, 0) is 16.1 Å². The molecule has 34 heavy (non-hydrogen) atoms. The quantitative estimate of drug-likeness (QED) is 0.456. The molecule has 0 radical (unpaired) electrons. The zero-order valence-corrected chi connectivity index (χ0v) is 19.3. The predicted molar refractivity (Wildman–Crippen MR) is 132 cm³/mol. The van der Waals surface area contributed by atoms with Gasteiger partial charge in [-0.3, -0.25) is 19.5 Å². The first-order valence-electron chi connectivity index (χ1n) is 10.9. The molecule has 0 aliphatic carbocycles. The molecule has 8 heteroatoms. The number of ether oxygens (including phenoxy) is 1. The Morgan fingerprint density at radius 1 is 1.12 bits per heavy atom. The van der Waals surface area contributed by atoms with Crippen LogP contribution in [0.4, 0.5) is 5.69 Å². The van der Waals surface area contributed by atoms with Gasteiger partial charge in [-0.05, 0) is 42.8 Å². The van der Waals surface area contributed by atoms with Crippen LogP contribution < -0.4 is 15.0 Å². The lowest BCUT2D eigenvalue weighted by molar-refractivity contribution is -0.125. The number of benzene rings is 2. The standard InChI is InChI=1S/C26H22N4O3S/c1-17-25(29-26(34-17)20-9-5-6-12-27-20)19-10-11-22-21(13-19)30(24(32)16-33-22)15-23(31)28-14-18-7-3-2-4-8-18/h2-13H,14-16H2,1H3,(H,28,31). The summed E-state index contributed by atoms with van der Waals surface area (Å²) in [6, 6.07) is 21.0. The number of pyridine rings is 1. The molecular formula is C26H22N4O3S. The predicted octanol–water partition coefficient (Wildman–Crippen LogP) is 4.22. The highest BCUT2D eigenvalue weighted by molar-refractivity contribution is 7.15. The Morgan fingerprint density at radius 2 is 1.94 bits per heavy atom. The fourth-order valence-corrected chi connectivity index (χ4v) is 4.69. The van der Waals surface area contributed by atoms with Crippen LogP contribution in [0, 0.1) is 6.92 Å². The summed E-state index contributed by atoms with van der Waals surface area (Å²) in [5.41, 5.74) is 4.04. The molecule has 4 aromatic rings. The molecule has 2 amide bonds. The second kappa shape index (κ2) is 9.44. The molecule has 0 bridgehead atoms. The molecular weight excluding hydrogens is 448 g/mol. The topological polar surface area (TPSA) is 84.4 Å². The summed E-state index contributed by atoms with van der Waals surface area (Å²) in [4.78, 5) is 37.0. The van der Waals surface area contributed by atoms with E-state index in [1.54, 1.807) is 17.5 Å². The minimum atomic E-state index is -0.260. The average Bonchev–Trinajstić information content (AvgIpc) is 3.27. The fraction of sp³-hybridized carbons (Fsp3) is 0.154. The number of rotatable bonds is 6. The Bertz CT molecular complexity index is 1340. The summed E-state index contributed by atoms with van der Waals surface area (Å²) < 4.78 is 5.62. The number of fused-ring (bicyclic) bond motifs is 1. The van der Waals surface area contributed by atoms with Crippen molar-refractivity contribution in [1.82, 2.24) is 15.3 Å². The number of anilines is 1. The van der Waals surface area contributed by atoms with Crippen molar-refractivity contribution in [3.05, 3.63) is 83.4 Å². The molecule has 7 nitrogen and oxygen atoms in total. The lowest BCUT2D eigenvalue weighted by Crippen LogP contribution is -2.45. The highest BCUT2D eigenvalue weighted by Gasteiger charge is 2.28. The van der Waals surface area contributed by atoms with Crippen LogP contribution in [0.3, 0.4) is 0 Å².